The Labute approximate surface area is 152 Å². The van der Waals surface area contributed by atoms with Crippen LogP contribution in [0.5, 0.6) is 0 Å². The Hall–Kier alpha value is -3.00. The van der Waals surface area contributed by atoms with Crippen LogP contribution in [0, 0.1) is 5.82 Å². The molecule has 0 saturated heterocycles. The highest BCUT2D eigenvalue weighted by molar-refractivity contribution is 7.22. The van der Waals surface area contributed by atoms with E-state index in [1.54, 1.807) is 24.5 Å². The molecule has 132 valence electrons. The van der Waals surface area contributed by atoms with Gasteiger partial charge in [0.2, 0.25) is 5.76 Å². The van der Waals surface area contributed by atoms with Crippen molar-refractivity contribution in [2.24, 2.45) is 0 Å². The number of aromatic nitrogens is 2. The number of hydrogen-bond acceptors (Lipinski definition) is 6. The van der Waals surface area contributed by atoms with E-state index in [9.17, 15) is 9.18 Å². The summed E-state index contributed by atoms with van der Waals surface area (Å²) >= 11 is 1.24. The van der Waals surface area contributed by atoms with Crippen LogP contribution in [0.1, 0.15) is 5.56 Å². The van der Waals surface area contributed by atoms with Crippen LogP contribution < -0.4 is 4.90 Å². The van der Waals surface area contributed by atoms with Crippen LogP contribution in [-0.2, 0) is 20.8 Å². The lowest BCUT2D eigenvalue weighted by atomic mass is 10.2. The third-order valence-electron chi connectivity index (χ3n) is 3.74. The number of rotatable bonds is 4. The molecule has 1 amide bonds. The number of pyridine rings is 1. The lowest BCUT2D eigenvalue weighted by molar-refractivity contribution is -0.119. The monoisotopic (exact) mass is 371 g/mol. The molecule has 2 aromatic heterocycles. The number of amides is 1. The molecular formula is C18H14FN3O3S. The predicted octanol–water partition coefficient (Wildman–Crippen LogP) is 3.25. The molecular weight excluding hydrogens is 357 g/mol. The number of nitrogens with zero attached hydrogens (tertiary/aromatic N) is 3. The highest BCUT2D eigenvalue weighted by Crippen LogP contribution is 2.31. The standard InChI is InChI=1S/C18H14FN3O3S/c19-13-3-4-14-16(8-13)26-18(21-14)22(10-12-2-1-5-20-9-12)17(23)15-11-24-6-7-25-15/h1-5,8-9,11H,6-7,10H2. The Morgan fingerprint density at radius 3 is 3.00 bits per heavy atom. The first kappa shape index (κ1) is 16.5. The number of ether oxygens (including phenoxy) is 2. The highest BCUT2D eigenvalue weighted by Gasteiger charge is 2.26. The average molecular weight is 371 g/mol. The Morgan fingerprint density at radius 2 is 2.23 bits per heavy atom. The number of carbonyl (C=O) groups is 1. The first-order valence-corrected chi connectivity index (χ1v) is 8.74. The third-order valence-corrected chi connectivity index (χ3v) is 4.78. The molecule has 0 bridgehead atoms. The second-order valence-electron chi connectivity index (χ2n) is 5.56. The van der Waals surface area contributed by atoms with E-state index in [-0.39, 0.29) is 24.0 Å². The van der Waals surface area contributed by atoms with Gasteiger partial charge in [0, 0.05) is 12.4 Å². The van der Waals surface area contributed by atoms with Gasteiger partial charge >= 0.3 is 0 Å². The van der Waals surface area contributed by atoms with Crippen molar-refractivity contribution in [1.29, 1.82) is 0 Å². The maximum atomic E-state index is 13.5. The van der Waals surface area contributed by atoms with Crippen molar-refractivity contribution >= 4 is 32.6 Å². The van der Waals surface area contributed by atoms with Crippen molar-refractivity contribution in [3.63, 3.8) is 0 Å². The summed E-state index contributed by atoms with van der Waals surface area (Å²) in [6, 6.07) is 8.01. The highest BCUT2D eigenvalue weighted by atomic mass is 32.1. The zero-order valence-corrected chi connectivity index (χ0v) is 14.4. The van der Waals surface area contributed by atoms with E-state index in [0.717, 1.165) is 5.56 Å². The van der Waals surface area contributed by atoms with Gasteiger partial charge in [-0.2, -0.15) is 0 Å². The molecule has 1 aliphatic rings. The number of fused-ring (bicyclic) bond motifs is 1. The summed E-state index contributed by atoms with van der Waals surface area (Å²) in [5, 5.41) is 0.453. The minimum atomic E-state index is -0.368. The van der Waals surface area contributed by atoms with Gasteiger partial charge in [-0.05, 0) is 29.8 Å². The normalized spacial score (nSPS) is 13.7. The first-order chi connectivity index (χ1) is 12.7. The average Bonchev–Trinajstić information content (AvgIpc) is 3.10. The van der Waals surface area contributed by atoms with Crippen LogP contribution >= 0.6 is 11.3 Å². The fraction of sp³-hybridized carbons (Fsp3) is 0.167. The SMILES string of the molecule is O=C(C1=COCCO1)N(Cc1cccnc1)c1nc2ccc(F)cc2s1. The molecule has 8 heteroatoms. The van der Waals surface area contributed by atoms with Crippen molar-refractivity contribution in [1.82, 2.24) is 9.97 Å². The van der Waals surface area contributed by atoms with Gasteiger partial charge in [-0.15, -0.1) is 0 Å². The molecule has 0 radical (unpaired) electrons. The van der Waals surface area contributed by atoms with E-state index >= 15 is 0 Å². The summed E-state index contributed by atoms with van der Waals surface area (Å²) in [6.45, 7) is 0.971. The van der Waals surface area contributed by atoms with Crippen LogP contribution in [0.15, 0.2) is 54.7 Å². The number of hydrogen-bond donors (Lipinski definition) is 0. The number of thiazole rings is 1. The van der Waals surface area contributed by atoms with Crippen molar-refractivity contribution in [2.75, 3.05) is 18.1 Å². The van der Waals surface area contributed by atoms with E-state index in [1.807, 2.05) is 6.07 Å². The molecule has 0 fully saturated rings. The summed E-state index contributed by atoms with van der Waals surface area (Å²) < 4.78 is 24.8. The first-order valence-electron chi connectivity index (χ1n) is 7.92. The summed E-state index contributed by atoms with van der Waals surface area (Å²) in [4.78, 5) is 23.0. The summed E-state index contributed by atoms with van der Waals surface area (Å²) in [5.74, 6) is -0.594. The Balaban J connectivity index is 1.73. The van der Waals surface area contributed by atoms with Crippen LogP contribution in [-0.4, -0.2) is 29.1 Å². The minimum absolute atomic E-state index is 0.116. The molecule has 1 aliphatic heterocycles. The van der Waals surface area contributed by atoms with Crippen LogP contribution in [0.25, 0.3) is 10.2 Å². The Morgan fingerprint density at radius 1 is 1.31 bits per heavy atom. The lowest BCUT2D eigenvalue weighted by Crippen LogP contribution is -2.33. The van der Waals surface area contributed by atoms with E-state index in [0.29, 0.717) is 28.6 Å². The summed E-state index contributed by atoms with van der Waals surface area (Å²) in [5.41, 5.74) is 1.47. The maximum Gasteiger partial charge on any atom is 0.298 e. The van der Waals surface area contributed by atoms with Gasteiger partial charge in [0.1, 0.15) is 25.3 Å². The Kier molecular flexibility index (Phi) is 4.49. The van der Waals surface area contributed by atoms with E-state index in [4.69, 9.17) is 9.47 Å². The molecule has 4 rings (SSSR count). The quantitative estimate of drug-likeness (QED) is 0.704. The van der Waals surface area contributed by atoms with Gasteiger partial charge in [-0.25, -0.2) is 9.37 Å². The van der Waals surface area contributed by atoms with Crippen molar-refractivity contribution in [3.05, 3.63) is 66.1 Å². The molecule has 0 aliphatic carbocycles. The number of carbonyl (C=O) groups excluding carboxylic acids is 1. The van der Waals surface area contributed by atoms with Crippen molar-refractivity contribution in [2.45, 2.75) is 6.54 Å². The zero-order valence-electron chi connectivity index (χ0n) is 13.6. The Bertz CT molecular complexity index is 974. The van der Waals surface area contributed by atoms with Gasteiger partial charge in [0.15, 0.2) is 5.13 Å². The number of halogens is 1. The molecule has 3 heterocycles. The van der Waals surface area contributed by atoms with E-state index in [2.05, 4.69) is 9.97 Å². The van der Waals surface area contributed by atoms with E-state index < -0.39 is 0 Å². The second kappa shape index (κ2) is 7.09. The molecule has 0 N–H and O–H groups in total. The third kappa shape index (κ3) is 3.36. The molecule has 0 atom stereocenters. The zero-order chi connectivity index (χ0) is 17.9. The molecule has 1 aromatic carbocycles. The van der Waals surface area contributed by atoms with Crippen molar-refractivity contribution < 1.29 is 18.7 Å². The summed E-state index contributed by atoms with van der Waals surface area (Å²) in [6.07, 6.45) is 4.66. The maximum absolute atomic E-state index is 13.5. The van der Waals surface area contributed by atoms with Gasteiger partial charge < -0.3 is 9.47 Å². The molecule has 0 spiro atoms. The second-order valence-corrected chi connectivity index (χ2v) is 6.57. The van der Waals surface area contributed by atoms with Crippen LogP contribution in [0.4, 0.5) is 9.52 Å². The molecule has 3 aromatic rings. The number of anilines is 1. The van der Waals surface area contributed by atoms with Gasteiger partial charge in [0.25, 0.3) is 5.91 Å². The fourth-order valence-corrected chi connectivity index (χ4v) is 3.50. The summed E-state index contributed by atoms with van der Waals surface area (Å²) in [7, 11) is 0. The van der Waals surface area contributed by atoms with Gasteiger partial charge in [0.05, 0.1) is 16.8 Å². The lowest BCUT2D eigenvalue weighted by Gasteiger charge is -2.23. The molecule has 26 heavy (non-hydrogen) atoms. The molecule has 0 unspecified atom stereocenters. The number of benzene rings is 1. The van der Waals surface area contributed by atoms with E-state index in [1.165, 1.54) is 34.6 Å². The van der Waals surface area contributed by atoms with Crippen LogP contribution in [0.2, 0.25) is 0 Å². The van der Waals surface area contributed by atoms with Crippen molar-refractivity contribution in [3.8, 4) is 0 Å². The van der Waals surface area contributed by atoms with Gasteiger partial charge in [-0.3, -0.25) is 14.7 Å². The minimum Gasteiger partial charge on any atom is -0.494 e. The molecule has 6 nitrogen and oxygen atoms in total. The molecule has 0 saturated carbocycles. The topological polar surface area (TPSA) is 64.6 Å². The predicted molar refractivity (Wildman–Crippen MR) is 95.0 cm³/mol. The smallest absolute Gasteiger partial charge is 0.298 e. The fourth-order valence-electron chi connectivity index (χ4n) is 2.52. The van der Waals surface area contributed by atoms with Crippen LogP contribution in [0.3, 0.4) is 0 Å². The van der Waals surface area contributed by atoms with Gasteiger partial charge in [-0.1, -0.05) is 17.4 Å². The largest absolute Gasteiger partial charge is 0.494 e.